The summed E-state index contributed by atoms with van der Waals surface area (Å²) < 4.78 is 5.64. The Balaban J connectivity index is 1.19. The van der Waals surface area contributed by atoms with E-state index < -0.39 is 0 Å². The van der Waals surface area contributed by atoms with E-state index in [-0.39, 0.29) is 36.7 Å². The van der Waals surface area contributed by atoms with Crippen LogP contribution in [0.5, 0.6) is 5.75 Å². The number of benzene rings is 1. The summed E-state index contributed by atoms with van der Waals surface area (Å²) in [5, 5.41) is 12.7. The van der Waals surface area contributed by atoms with Crippen molar-refractivity contribution in [1.82, 2.24) is 15.1 Å². The highest BCUT2D eigenvalue weighted by molar-refractivity contribution is 5.79. The summed E-state index contributed by atoms with van der Waals surface area (Å²) in [5.41, 5.74) is 0.601. The molecule has 1 aliphatic carbocycles. The Morgan fingerprint density at radius 3 is 2.57 bits per heavy atom. The Morgan fingerprint density at radius 2 is 1.83 bits per heavy atom. The van der Waals surface area contributed by atoms with Crippen LogP contribution in [0.3, 0.4) is 0 Å². The van der Waals surface area contributed by atoms with Crippen LogP contribution in [0.15, 0.2) is 24.3 Å². The summed E-state index contributed by atoms with van der Waals surface area (Å²) in [4.78, 5) is 29.0. The maximum atomic E-state index is 12.3. The summed E-state index contributed by atoms with van der Waals surface area (Å²) in [6, 6.07) is 6.84. The van der Waals surface area contributed by atoms with Gasteiger partial charge in [0, 0.05) is 31.7 Å². The van der Waals surface area contributed by atoms with Gasteiger partial charge in [0.2, 0.25) is 11.8 Å². The largest absolute Gasteiger partial charge is 0.508 e. The molecule has 2 saturated heterocycles. The second-order valence-electron chi connectivity index (χ2n) is 9.03. The summed E-state index contributed by atoms with van der Waals surface area (Å²) >= 11 is 0. The number of phenols is 1. The fraction of sp³-hybridized carbons (Fsp3) is 0.652. The average molecular weight is 416 g/mol. The van der Waals surface area contributed by atoms with Gasteiger partial charge in [0.15, 0.2) is 0 Å². The lowest BCUT2D eigenvalue weighted by Crippen LogP contribution is -2.52. The molecule has 2 heterocycles. The first kappa shape index (κ1) is 21.1. The smallest absolute Gasteiger partial charge is 0.248 e. The molecule has 2 aliphatic heterocycles. The number of amides is 2. The van der Waals surface area contributed by atoms with Crippen LogP contribution in [0.25, 0.3) is 0 Å². The van der Waals surface area contributed by atoms with Gasteiger partial charge in [-0.2, -0.15) is 0 Å². The minimum absolute atomic E-state index is 0.0483. The molecule has 3 fully saturated rings. The second-order valence-corrected chi connectivity index (χ2v) is 9.03. The fourth-order valence-electron chi connectivity index (χ4n) is 4.43. The van der Waals surface area contributed by atoms with Crippen LogP contribution in [-0.2, 0) is 20.7 Å². The minimum atomic E-state index is -0.189. The number of morpholine rings is 1. The lowest BCUT2D eigenvalue weighted by Gasteiger charge is -2.38. The molecule has 3 aliphatic rings. The molecule has 30 heavy (non-hydrogen) atoms. The lowest BCUT2D eigenvalue weighted by atomic mass is 9.95. The van der Waals surface area contributed by atoms with Gasteiger partial charge in [0.05, 0.1) is 12.5 Å². The van der Waals surface area contributed by atoms with Crippen LogP contribution < -0.4 is 5.32 Å². The maximum Gasteiger partial charge on any atom is 0.248 e. The first-order valence-corrected chi connectivity index (χ1v) is 11.2. The molecule has 0 spiro atoms. The molecule has 7 heteroatoms. The Kier molecular flexibility index (Phi) is 6.89. The van der Waals surface area contributed by atoms with Gasteiger partial charge in [-0.05, 0) is 56.7 Å². The molecule has 1 unspecified atom stereocenters. The Hall–Kier alpha value is -2.12. The molecule has 0 aromatic heterocycles. The van der Waals surface area contributed by atoms with Crippen LogP contribution >= 0.6 is 0 Å². The fourth-order valence-corrected chi connectivity index (χ4v) is 4.43. The van der Waals surface area contributed by atoms with E-state index >= 15 is 0 Å². The van der Waals surface area contributed by atoms with Crippen molar-refractivity contribution in [3.8, 4) is 5.75 Å². The zero-order valence-corrected chi connectivity index (χ0v) is 17.6. The van der Waals surface area contributed by atoms with Crippen molar-refractivity contribution >= 4 is 11.8 Å². The molecule has 1 aromatic carbocycles. The predicted molar refractivity (Wildman–Crippen MR) is 113 cm³/mol. The van der Waals surface area contributed by atoms with Crippen LogP contribution in [0, 0.1) is 11.8 Å². The van der Waals surface area contributed by atoms with Crippen LogP contribution in [-0.4, -0.2) is 78.7 Å². The number of likely N-dealkylation sites (tertiary alicyclic amines) is 1. The van der Waals surface area contributed by atoms with Gasteiger partial charge < -0.3 is 25.0 Å². The Morgan fingerprint density at radius 1 is 1.10 bits per heavy atom. The van der Waals surface area contributed by atoms with Crippen molar-refractivity contribution in [1.29, 1.82) is 0 Å². The van der Waals surface area contributed by atoms with Gasteiger partial charge in [0.1, 0.15) is 12.4 Å². The monoisotopic (exact) mass is 415 g/mol. The van der Waals surface area contributed by atoms with Crippen LogP contribution in [0.4, 0.5) is 0 Å². The number of rotatable bonds is 8. The molecule has 0 bridgehead atoms. The number of nitrogens with zero attached hydrogens (tertiary/aromatic N) is 2. The van der Waals surface area contributed by atoms with Crippen molar-refractivity contribution < 1.29 is 19.4 Å². The van der Waals surface area contributed by atoms with E-state index in [1.165, 1.54) is 19.4 Å². The molecule has 2 N–H and O–H groups in total. The number of phenolic OH excluding ortho intramolecular Hbond substituents is 1. The van der Waals surface area contributed by atoms with Gasteiger partial charge in [-0.25, -0.2) is 0 Å². The molecule has 2 amide bonds. The van der Waals surface area contributed by atoms with E-state index in [2.05, 4.69) is 10.2 Å². The normalized spacial score (nSPS) is 23.5. The maximum absolute atomic E-state index is 12.3. The molecular weight excluding hydrogens is 382 g/mol. The Bertz CT molecular complexity index is 744. The Labute approximate surface area is 178 Å². The van der Waals surface area contributed by atoms with Crippen molar-refractivity contribution in [3.05, 3.63) is 29.8 Å². The number of carbonyl (C=O) groups is 2. The average Bonchev–Trinajstić information content (AvgIpc) is 3.56. The van der Waals surface area contributed by atoms with Crippen molar-refractivity contribution in [2.75, 3.05) is 45.9 Å². The second kappa shape index (κ2) is 9.79. The molecular formula is C23H33N3O4. The zero-order valence-electron chi connectivity index (χ0n) is 17.6. The van der Waals surface area contributed by atoms with Crippen LogP contribution in [0.1, 0.15) is 31.2 Å². The zero-order chi connectivity index (χ0) is 20.9. The quantitative estimate of drug-likeness (QED) is 0.671. The minimum Gasteiger partial charge on any atom is -0.508 e. The van der Waals surface area contributed by atoms with E-state index in [4.69, 9.17) is 4.74 Å². The van der Waals surface area contributed by atoms with E-state index in [1.54, 1.807) is 24.3 Å². The van der Waals surface area contributed by atoms with E-state index in [1.807, 2.05) is 4.90 Å². The number of aromatic hydroxyl groups is 1. The molecule has 0 radical (unpaired) electrons. The number of hydrogen-bond donors (Lipinski definition) is 2. The molecule has 1 aromatic rings. The number of carbonyl (C=O) groups excluding carboxylic acids is 2. The van der Waals surface area contributed by atoms with E-state index in [0.717, 1.165) is 38.4 Å². The third kappa shape index (κ3) is 5.95. The summed E-state index contributed by atoms with van der Waals surface area (Å²) in [6.45, 7) is 5.32. The molecule has 1 saturated carbocycles. The van der Waals surface area contributed by atoms with Crippen molar-refractivity contribution in [2.45, 2.75) is 38.2 Å². The van der Waals surface area contributed by atoms with Gasteiger partial charge in [-0.15, -0.1) is 0 Å². The number of piperidine rings is 1. The van der Waals surface area contributed by atoms with Crippen molar-refractivity contribution in [2.24, 2.45) is 11.8 Å². The molecule has 7 nitrogen and oxygen atoms in total. The SMILES string of the molecule is O=C(Cc1ccccc1O)NCC1CN(CC2CCN(CC3CC3)CC2)C(=O)CO1. The lowest BCUT2D eigenvalue weighted by molar-refractivity contribution is -0.150. The van der Waals surface area contributed by atoms with Gasteiger partial charge >= 0.3 is 0 Å². The summed E-state index contributed by atoms with van der Waals surface area (Å²) in [7, 11) is 0. The molecule has 1 atom stereocenters. The van der Waals surface area contributed by atoms with Gasteiger partial charge in [0.25, 0.3) is 0 Å². The third-order valence-electron chi connectivity index (χ3n) is 6.49. The van der Waals surface area contributed by atoms with Crippen LogP contribution in [0.2, 0.25) is 0 Å². The summed E-state index contributed by atoms with van der Waals surface area (Å²) in [6.07, 6.45) is 5.03. The molecule has 164 valence electrons. The van der Waals surface area contributed by atoms with E-state index in [0.29, 0.717) is 24.6 Å². The third-order valence-corrected chi connectivity index (χ3v) is 6.49. The first-order valence-electron chi connectivity index (χ1n) is 11.2. The highest BCUT2D eigenvalue weighted by Gasteiger charge is 2.31. The van der Waals surface area contributed by atoms with Gasteiger partial charge in [-0.3, -0.25) is 9.59 Å². The number of ether oxygens (including phenoxy) is 1. The first-order chi connectivity index (χ1) is 14.6. The molecule has 4 rings (SSSR count). The number of hydrogen-bond acceptors (Lipinski definition) is 5. The predicted octanol–water partition coefficient (Wildman–Crippen LogP) is 1.40. The summed E-state index contributed by atoms with van der Waals surface area (Å²) in [5.74, 6) is 1.50. The number of nitrogens with one attached hydrogen (secondary N) is 1. The standard InChI is InChI=1S/C23H33N3O4/c27-21-4-2-1-3-19(21)11-22(28)24-12-20-15-26(23(29)16-30-20)14-18-7-9-25(10-8-18)13-17-5-6-17/h1-4,17-18,20,27H,5-16H2,(H,24,28). The van der Waals surface area contributed by atoms with E-state index in [9.17, 15) is 14.7 Å². The number of para-hydroxylation sites is 1. The highest BCUT2D eigenvalue weighted by atomic mass is 16.5. The van der Waals surface area contributed by atoms with Gasteiger partial charge in [-0.1, -0.05) is 18.2 Å². The van der Waals surface area contributed by atoms with Crippen molar-refractivity contribution in [3.63, 3.8) is 0 Å². The topological polar surface area (TPSA) is 82.1 Å². The highest BCUT2D eigenvalue weighted by Crippen LogP contribution is 2.31.